The van der Waals surface area contributed by atoms with Gasteiger partial charge in [-0.15, -0.1) is 0 Å². The Kier molecular flexibility index (Phi) is 7.06. The van der Waals surface area contributed by atoms with Crippen LogP contribution in [0.25, 0.3) is 0 Å². The van der Waals surface area contributed by atoms with Gasteiger partial charge in [-0.3, -0.25) is 9.69 Å². The molecule has 2 fully saturated rings. The first kappa shape index (κ1) is 20.0. The molecule has 0 radical (unpaired) electrons. The molecule has 0 spiro atoms. The molecule has 0 unspecified atom stereocenters. The van der Waals surface area contributed by atoms with Gasteiger partial charge in [-0.1, -0.05) is 19.3 Å². The van der Waals surface area contributed by atoms with E-state index in [1.54, 1.807) is 6.92 Å². The summed E-state index contributed by atoms with van der Waals surface area (Å²) >= 11 is 0. The van der Waals surface area contributed by atoms with E-state index in [0.717, 1.165) is 32.1 Å². The fourth-order valence-corrected chi connectivity index (χ4v) is 5.32. The van der Waals surface area contributed by atoms with Crippen molar-refractivity contribution in [3.8, 4) is 0 Å². The van der Waals surface area contributed by atoms with E-state index in [9.17, 15) is 23.1 Å². The molecule has 1 aliphatic heterocycles. The monoisotopic (exact) mass is 376 g/mol. The van der Waals surface area contributed by atoms with Crippen molar-refractivity contribution in [3.05, 3.63) is 0 Å². The highest BCUT2D eigenvalue weighted by Crippen LogP contribution is 2.23. The second-order valence-corrected chi connectivity index (χ2v) is 8.88. The number of aliphatic hydroxyl groups excluding tert-OH is 1. The van der Waals surface area contributed by atoms with Crippen LogP contribution >= 0.6 is 0 Å². The van der Waals surface area contributed by atoms with Crippen LogP contribution in [0.2, 0.25) is 0 Å². The lowest BCUT2D eigenvalue weighted by Crippen LogP contribution is -2.50. The van der Waals surface area contributed by atoms with E-state index in [0.29, 0.717) is 0 Å². The molecule has 1 heterocycles. The van der Waals surface area contributed by atoms with E-state index in [1.807, 2.05) is 0 Å². The van der Waals surface area contributed by atoms with Crippen LogP contribution in [0.3, 0.4) is 0 Å². The molecule has 1 saturated heterocycles. The Balaban J connectivity index is 1.92. The fourth-order valence-electron chi connectivity index (χ4n) is 3.52. The molecule has 0 aromatic heterocycles. The Bertz CT molecular complexity index is 573. The standard InChI is InChI=1S/C16H28N2O6S/c1-2-24-16(21)18(13-10-25(22,23)11-14(13)19)9-8-17-15(20)12-6-4-3-5-7-12/h12-14,19H,2-11H2,1H3,(H,17,20)/t13-,14-/m0/s1. The van der Waals surface area contributed by atoms with Gasteiger partial charge in [0.1, 0.15) is 0 Å². The molecule has 1 saturated carbocycles. The van der Waals surface area contributed by atoms with Crippen LogP contribution in [0.1, 0.15) is 39.0 Å². The van der Waals surface area contributed by atoms with Gasteiger partial charge < -0.3 is 15.2 Å². The number of hydrogen-bond donors (Lipinski definition) is 2. The summed E-state index contributed by atoms with van der Waals surface area (Å²) in [7, 11) is -3.38. The molecule has 2 atom stereocenters. The van der Waals surface area contributed by atoms with Crippen LogP contribution in [-0.4, -0.2) is 73.8 Å². The number of hydrogen-bond acceptors (Lipinski definition) is 6. The summed E-state index contributed by atoms with van der Waals surface area (Å²) in [5.41, 5.74) is 0. The lowest BCUT2D eigenvalue weighted by atomic mass is 9.89. The summed E-state index contributed by atoms with van der Waals surface area (Å²) in [4.78, 5) is 25.5. The minimum Gasteiger partial charge on any atom is -0.450 e. The molecule has 8 nitrogen and oxygen atoms in total. The zero-order valence-electron chi connectivity index (χ0n) is 14.6. The fraction of sp³-hybridized carbons (Fsp3) is 0.875. The highest BCUT2D eigenvalue weighted by atomic mass is 32.2. The summed E-state index contributed by atoms with van der Waals surface area (Å²) in [6.07, 6.45) is 3.23. The minimum atomic E-state index is -3.38. The molecular formula is C16H28N2O6S. The maximum Gasteiger partial charge on any atom is 0.410 e. The minimum absolute atomic E-state index is 0.0160. The molecule has 144 valence electrons. The quantitative estimate of drug-likeness (QED) is 0.689. The number of carbonyl (C=O) groups excluding carboxylic acids is 2. The Morgan fingerprint density at radius 1 is 1.20 bits per heavy atom. The van der Waals surface area contributed by atoms with Crippen LogP contribution in [0.15, 0.2) is 0 Å². The predicted molar refractivity (Wildman–Crippen MR) is 91.8 cm³/mol. The van der Waals surface area contributed by atoms with Crippen molar-refractivity contribution in [2.24, 2.45) is 5.92 Å². The normalized spacial score (nSPS) is 26.2. The molecule has 0 aromatic carbocycles. The van der Waals surface area contributed by atoms with Crippen molar-refractivity contribution in [3.63, 3.8) is 0 Å². The first-order valence-corrected chi connectivity index (χ1v) is 10.8. The van der Waals surface area contributed by atoms with Crippen molar-refractivity contribution in [2.45, 2.75) is 51.2 Å². The van der Waals surface area contributed by atoms with Crippen molar-refractivity contribution in [1.82, 2.24) is 10.2 Å². The average molecular weight is 376 g/mol. The third-order valence-electron chi connectivity index (χ3n) is 4.82. The van der Waals surface area contributed by atoms with Crippen molar-refractivity contribution in [1.29, 1.82) is 0 Å². The van der Waals surface area contributed by atoms with E-state index in [4.69, 9.17) is 4.74 Å². The van der Waals surface area contributed by atoms with Crippen LogP contribution in [0.5, 0.6) is 0 Å². The number of sulfone groups is 1. The number of nitrogens with zero attached hydrogens (tertiary/aromatic N) is 1. The topological polar surface area (TPSA) is 113 Å². The molecule has 0 aromatic rings. The Hall–Kier alpha value is -1.35. The second-order valence-electron chi connectivity index (χ2n) is 6.73. The van der Waals surface area contributed by atoms with Gasteiger partial charge in [-0.25, -0.2) is 13.2 Å². The summed E-state index contributed by atoms with van der Waals surface area (Å²) < 4.78 is 28.4. The Labute approximate surface area is 148 Å². The molecule has 0 bridgehead atoms. The van der Waals surface area contributed by atoms with Crippen molar-refractivity contribution < 1.29 is 27.9 Å². The van der Waals surface area contributed by atoms with Crippen LogP contribution in [0.4, 0.5) is 4.79 Å². The zero-order valence-corrected chi connectivity index (χ0v) is 15.5. The lowest BCUT2D eigenvalue weighted by Gasteiger charge is -2.29. The van der Waals surface area contributed by atoms with E-state index in [2.05, 4.69) is 5.32 Å². The summed E-state index contributed by atoms with van der Waals surface area (Å²) in [6.45, 7) is 2.12. The largest absolute Gasteiger partial charge is 0.450 e. The van der Waals surface area contributed by atoms with Gasteiger partial charge in [0.15, 0.2) is 9.84 Å². The number of aliphatic hydroxyl groups is 1. The molecule has 9 heteroatoms. The molecule has 25 heavy (non-hydrogen) atoms. The number of nitrogens with one attached hydrogen (secondary N) is 1. The van der Waals surface area contributed by atoms with Crippen molar-refractivity contribution in [2.75, 3.05) is 31.2 Å². The van der Waals surface area contributed by atoms with Crippen LogP contribution < -0.4 is 5.32 Å². The summed E-state index contributed by atoms with van der Waals surface area (Å²) in [6, 6.07) is -0.837. The first-order chi connectivity index (χ1) is 11.8. The number of rotatable bonds is 6. The first-order valence-electron chi connectivity index (χ1n) is 8.93. The van der Waals surface area contributed by atoms with Gasteiger partial charge in [-0.2, -0.15) is 0 Å². The maximum atomic E-state index is 12.2. The second kappa shape index (κ2) is 8.84. The lowest BCUT2D eigenvalue weighted by molar-refractivity contribution is -0.126. The smallest absolute Gasteiger partial charge is 0.410 e. The summed E-state index contributed by atoms with van der Waals surface area (Å²) in [5, 5.41) is 12.8. The number of carbonyl (C=O) groups is 2. The van der Waals surface area contributed by atoms with E-state index >= 15 is 0 Å². The third kappa shape index (κ3) is 5.57. The number of ether oxygens (including phenoxy) is 1. The van der Waals surface area contributed by atoms with Gasteiger partial charge in [0.2, 0.25) is 5.91 Å². The van der Waals surface area contributed by atoms with Gasteiger partial charge in [0.25, 0.3) is 0 Å². The zero-order chi connectivity index (χ0) is 18.4. The van der Waals surface area contributed by atoms with Crippen LogP contribution in [-0.2, 0) is 19.4 Å². The van der Waals surface area contributed by atoms with Crippen LogP contribution in [0, 0.1) is 5.92 Å². The van der Waals surface area contributed by atoms with E-state index in [1.165, 1.54) is 4.90 Å². The van der Waals surface area contributed by atoms with Crippen molar-refractivity contribution >= 4 is 21.8 Å². The van der Waals surface area contributed by atoms with E-state index < -0.39 is 28.1 Å². The molecule has 2 aliphatic rings. The maximum absolute atomic E-state index is 12.2. The van der Waals surface area contributed by atoms with Gasteiger partial charge in [0.05, 0.1) is 30.3 Å². The summed E-state index contributed by atoms with van der Waals surface area (Å²) in [5.74, 6) is -0.656. The average Bonchev–Trinajstić information content (AvgIpc) is 2.84. The van der Waals surface area contributed by atoms with E-state index in [-0.39, 0.29) is 43.0 Å². The molecular weight excluding hydrogens is 348 g/mol. The van der Waals surface area contributed by atoms with Gasteiger partial charge in [0, 0.05) is 19.0 Å². The number of amides is 2. The highest BCUT2D eigenvalue weighted by molar-refractivity contribution is 7.91. The van der Waals surface area contributed by atoms with Gasteiger partial charge >= 0.3 is 6.09 Å². The molecule has 2 amide bonds. The Morgan fingerprint density at radius 3 is 2.44 bits per heavy atom. The third-order valence-corrected chi connectivity index (χ3v) is 6.52. The predicted octanol–water partition coefficient (Wildman–Crippen LogP) is 0.299. The highest BCUT2D eigenvalue weighted by Gasteiger charge is 2.42. The molecule has 1 aliphatic carbocycles. The molecule has 2 N–H and O–H groups in total. The van der Waals surface area contributed by atoms with Gasteiger partial charge in [-0.05, 0) is 19.8 Å². The Morgan fingerprint density at radius 2 is 1.88 bits per heavy atom. The SMILES string of the molecule is CCOC(=O)N(CCNC(=O)C1CCCCC1)[C@H]1CS(=O)(=O)C[C@@H]1O. The molecule has 2 rings (SSSR count).